The summed E-state index contributed by atoms with van der Waals surface area (Å²) in [6.07, 6.45) is 0.238. The van der Waals surface area contributed by atoms with Gasteiger partial charge in [-0.3, -0.25) is 0 Å². The molecule has 29 heavy (non-hydrogen) atoms. The fourth-order valence-corrected chi connectivity index (χ4v) is 2.79. The van der Waals surface area contributed by atoms with E-state index >= 15 is 0 Å². The number of hydrogen-bond donors (Lipinski definition) is 3. The molecule has 5 heteroatoms. The fraction of sp³-hybridized carbons (Fsp3) is 0.250. The number of rotatable bonds is 11. The molecule has 0 aliphatic heterocycles. The number of nitrogens with one attached hydrogen (secondary N) is 1. The first-order valence-corrected chi connectivity index (χ1v) is 9.75. The van der Waals surface area contributed by atoms with Crippen LogP contribution in [0.3, 0.4) is 0 Å². The topological polar surface area (TPSA) is 71.0 Å². The maximum Gasteiger partial charge on any atom is 0.120 e. The van der Waals surface area contributed by atoms with Gasteiger partial charge in [-0.15, -0.1) is 0 Å². The van der Waals surface area contributed by atoms with Gasteiger partial charge in [0.25, 0.3) is 0 Å². The van der Waals surface area contributed by atoms with Crippen LogP contribution in [0.5, 0.6) is 17.2 Å². The van der Waals surface area contributed by atoms with Gasteiger partial charge in [0.05, 0.1) is 0 Å². The Hall–Kier alpha value is -3.02. The third-order valence-corrected chi connectivity index (χ3v) is 4.42. The minimum absolute atomic E-state index is 0.219. The highest BCUT2D eigenvalue weighted by Crippen LogP contribution is 2.19. The van der Waals surface area contributed by atoms with Gasteiger partial charge in [0.1, 0.15) is 36.6 Å². The van der Waals surface area contributed by atoms with Crippen LogP contribution in [0.2, 0.25) is 0 Å². The van der Waals surface area contributed by atoms with Crippen LogP contribution in [0.4, 0.5) is 0 Å². The first kappa shape index (κ1) is 20.7. The summed E-state index contributed by atoms with van der Waals surface area (Å²) in [5.74, 6) is 1.74. The minimum atomic E-state index is -0.594. The lowest BCUT2D eigenvalue weighted by atomic mass is 10.1. The Morgan fingerprint density at radius 1 is 0.759 bits per heavy atom. The average molecular weight is 393 g/mol. The van der Waals surface area contributed by atoms with Gasteiger partial charge in [-0.1, -0.05) is 42.5 Å². The zero-order valence-electron chi connectivity index (χ0n) is 16.3. The summed E-state index contributed by atoms with van der Waals surface area (Å²) >= 11 is 0. The predicted molar refractivity (Wildman–Crippen MR) is 113 cm³/mol. The molecule has 5 nitrogen and oxygen atoms in total. The monoisotopic (exact) mass is 393 g/mol. The molecular weight excluding hydrogens is 366 g/mol. The van der Waals surface area contributed by atoms with Gasteiger partial charge in [-0.25, -0.2) is 0 Å². The first-order chi connectivity index (χ1) is 14.2. The first-order valence-electron chi connectivity index (χ1n) is 9.75. The van der Waals surface area contributed by atoms with E-state index in [1.807, 2.05) is 66.7 Å². The van der Waals surface area contributed by atoms with Crippen molar-refractivity contribution in [3.63, 3.8) is 0 Å². The zero-order valence-corrected chi connectivity index (χ0v) is 16.3. The molecule has 3 aromatic carbocycles. The van der Waals surface area contributed by atoms with Crippen LogP contribution in [0.1, 0.15) is 11.1 Å². The third-order valence-electron chi connectivity index (χ3n) is 4.42. The molecule has 1 unspecified atom stereocenters. The largest absolute Gasteiger partial charge is 0.508 e. The number of ether oxygens (including phenoxy) is 2. The molecule has 0 aliphatic rings. The molecular formula is C24H27NO4. The molecule has 0 aromatic heterocycles. The van der Waals surface area contributed by atoms with Crippen LogP contribution in [0, 0.1) is 0 Å². The van der Waals surface area contributed by atoms with Crippen LogP contribution in [-0.2, 0) is 13.0 Å². The van der Waals surface area contributed by atoms with E-state index in [0.717, 1.165) is 29.8 Å². The van der Waals surface area contributed by atoms with E-state index in [2.05, 4.69) is 5.32 Å². The summed E-state index contributed by atoms with van der Waals surface area (Å²) in [4.78, 5) is 0. The van der Waals surface area contributed by atoms with Gasteiger partial charge in [0.2, 0.25) is 0 Å². The van der Waals surface area contributed by atoms with Crippen molar-refractivity contribution in [2.75, 3.05) is 19.7 Å². The van der Waals surface area contributed by atoms with Gasteiger partial charge in [0, 0.05) is 6.54 Å². The third kappa shape index (κ3) is 7.49. The molecule has 0 heterocycles. The van der Waals surface area contributed by atoms with E-state index in [1.54, 1.807) is 12.1 Å². The van der Waals surface area contributed by atoms with Gasteiger partial charge in [0.15, 0.2) is 0 Å². The molecule has 0 amide bonds. The molecule has 0 saturated heterocycles. The summed E-state index contributed by atoms with van der Waals surface area (Å²) in [7, 11) is 0. The van der Waals surface area contributed by atoms with Crippen molar-refractivity contribution >= 4 is 0 Å². The van der Waals surface area contributed by atoms with Gasteiger partial charge in [-0.05, 0) is 60.5 Å². The van der Waals surface area contributed by atoms with E-state index in [4.69, 9.17) is 9.47 Å². The summed E-state index contributed by atoms with van der Waals surface area (Å²) in [6.45, 7) is 1.94. The van der Waals surface area contributed by atoms with Crippen LogP contribution in [0.25, 0.3) is 0 Å². The maximum atomic E-state index is 10.1. The normalized spacial score (nSPS) is 11.8. The molecule has 152 valence electrons. The van der Waals surface area contributed by atoms with Crippen LogP contribution in [0.15, 0.2) is 78.9 Å². The number of phenols is 1. The molecule has 0 aliphatic carbocycles. The second-order valence-corrected chi connectivity index (χ2v) is 6.83. The molecule has 3 aromatic rings. The molecule has 0 bridgehead atoms. The van der Waals surface area contributed by atoms with E-state index in [0.29, 0.717) is 18.9 Å². The Kier molecular flexibility index (Phi) is 7.92. The average Bonchev–Trinajstić information content (AvgIpc) is 2.76. The molecule has 0 saturated carbocycles. The zero-order chi connectivity index (χ0) is 20.3. The van der Waals surface area contributed by atoms with Gasteiger partial charge in [-0.2, -0.15) is 0 Å². The van der Waals surface area contributed by atoms with Crippen molar-refractivity contribution in [1.29, 1.82) is 0 Å². The Labute approximate surface area is 171 Å². The van der Waals surface area contributed by atoms with Crippen molar-refractivity contribution in [1.82, 2.24) is 5.32 Å². The smallest absolute Gasteiger partial charge is 0.120 e. The SMILES string of the molecule is Oc1ccc(CCNCC(O)COc2ccc(OCc3ccccc3)cc2)cc1. The van der Waals surface area contributed by atoms with Crippen LogP contribution in [-0.4, -0.2) is 36.0 Å². The number of benzene rings is 3. The number of hydrogen-bond acceptors (Lipinski definition) is 5. The van der Waals surface area contributed by atoms with E-state index in [-0.39, 0.29) is 12.4 Å². The molecule has 1 atom stereocenters. The van der Waals surface area contributed by atoms with Crippen molar-refractivity contribution in [3.05, 3.63) is 90.0 Å². The molecule has 3 N–H and O–H groups in total. The molecule has 0 fully saturated rings. The molecule has 0 radical (unpaired) electrons. The maximum absolute atomic E-state index is 10.1. The second kappa shape index (κ2) is 11.1. The lowest BCUT2D eigenvalue weighted by Crippen LogP contribution is -2.32. The Morgan fingerprint density at radius 2 is 1.41 bits per heavy atom. The fourth-order valence-electron chi connectivity index (χ4n) is 2.79. The van der Waals surface area contributed by atoms with Crippen molar-refractivity contribution < 1.29 is 19.7 Å². The predicted octanol–water partition coefficient (Wildman–Crippen LogP) is 3.54. The lowest BCUT2D eigenvalue weighted by Gasteiger charge is -2.14. The van der Waals surface area contributed by atoms with Gasteiger partial charge >= 0.3 is 0 Å². The van der Waals surface area contributed by atoms with Crippen molar-refractivity contribution in [2.24, 2.45) is 0 Å². The summed E-state index contributed by atoms with van der Waals surface area (Å²) in [5.41, 5.74) is 2.25. The summed E-state index contributed by atoms with van der Waals surface area (Å²) in [6, 6.07) is 24.5. The standard InChI is InChI=1S/C24H27NO4/c26-21-8-6-19(7-9-21)14-15-25-16-22(27)18-29-24-12-10-23(11-13-24)28-17-20-4-2-1-3-5-20/h1-13,22,25-27H,14-18H2. The highest BCUT2D eigenvalue weighted by molar-refractivity contribution is 5.31. The minimum Gasteiger partial charge on any atom is -0.508 e. The quantitative estimate of drug-likeness (QED) is 0.435. The summed E-state index contributed by atoms with van der Waals surface area (Å²) < 4.78 is 11.4. The Bertz CT molecular complexity index is 835. The number of aliphatic hydroxyl groups excluding tert-OH is 1. The van der Waals surface area contributed by atoms with Gasteiger partial charge < -0.3 is 25.0 Å². The number of phenolic OH excluding ortho intramolecular Hbond substituents is 1. The number of aliphatic hydroxyl groups is 1. The van der Waals surface area contributed by atoms with Crippen molar-refractivity contribution in [2.45, 2.75) is 19.1 Å². The summed E-state index contributed by atoms with van der Waals surface area (Å²) in [5, 5.41) is 22.6. The lowest BCUT2D eigenvalue weighted by molar-refractivity contribution is 0.106. The highest BCUT2D eigenvalue weighted by atomic mass is 16.5. The molecule has 3 rings (SSSR count). The Morgan fingerprint density at radius 3 is 2.10 bits per heavy atom. The van der Waals surface area contributed by atoms with Crippen LogP contribution < -0.4 is 14.8 Å². The number of aromatic hydroxyl groups is 1. The van der Waals surface area contributed by atoms with E-state index in [9.17, 15) is 10.2 Å². The highest BCUT2D eigenvalue weighted by Gasteiger charge is 2.05. The van der Waals surface area contributed by atoms with Crippen LogP contribution >= 0.6 is 0 Å². The second-order valence-electron chi connectivity index (χ2n) is 6.83. The van der Waals surface area contributed by atoms with E-state index in [1.165, 1.54) is 0 Å². The molecule has 0 spiro atoms. The van der Waals surface area contributed by atoms with Crippen molar-refractivity contribution in [3.8, 4) is 17.2 Å². The Balaban J connectivity index is 1.31. The van der Waals surface area contributed by atoms with E-state index < -0.39 is 6.10 Å².